The Morgan fingerprint density at radius 3 is 3.00 bits per heavy atom. The van der Waals surface area contributed by atoms with Gasteiger partial charge in [-0.15, -0.1) is 0 Å². The smallest absolute Gasteiger partial charge is 0.246 e. The van der Waals surface area contributed by atoms with Crippen LogP contribution in [0, 0.1) is 0 Å². The number of carbonyl (C=O) groups is 1. The lowest BCUT2D eigenvalue weighted by atomic mass is 10.2. The van der Waals surface area contributed by atoms with E-state index in [1.54, 1.807) is 13.2 Å². The third-order valence-electron chi connectivity index (χ3n) is 4.86. The first-order valence-electron chi connectivity index (χ1n) is 8.77. The van der Waals surface area contributed by atoms with E-state index in [4.69, 9.17) is 4.74 Å². The van der Waals surface area contributed by atoms with Gasteiger partial charge in [-0.25, -0.2) is 4.98 Å². The van der Waals surface area contributed by atoms with Crippen molar-refractivity contribution in [3.63, 3.8) is 0 Å². The van der Waals surface area contributed by atoms with Crippen molar-refractivity contribution in [3.05, 3.63) is 66.5 Å². The summed E-state index contributed by atoms with van der Waals surface area (Å²) in [4.78, 5) is 18.9. The van der Waals surface area contributed by atoms with Gasteiger partial charge in [-0.3, -0.25) is 4.79 Å². The van der Waals surface area contributed by atoms with Crippen molar-refractivity contribution in [1.29, 1.82) is 0 Å². The molecule has 0 saturated carbocycles. The molecule has 5 heteroatoms. The molecule has 3 aromatic rings. The summed E-state index contributed by atoms with van der Waals surface area (Å²) in [5.41, 5.74) is 3.07. The zero-order valence-corrected chi connectivity index (χ0v) is 14.7. The van der Waals surface area contributed by atoms with Crippen LogP contribution in [0.3, 0.4) is 0 Å². The van der Waals surface area contributed by atoms with Crippen LogP contribution in [-0.4, -0.2) is 40.6 Å². The standard InChI is InChI=1S/C21H21N3O2/c1-26-18-6-4-5-16(13-18)9-10-21(25)23-12-11-17(14-23)24-15-22-19-7-2-3-8-20(19)24/h2-10,13,15,17H,11-12,14H2,1H3/b10-9+. The maximum atomic E-state index is 12.5. The van der Waals surface area contributed by atoms with Crippen molar-refractivity contribution >= 4 is 23.0 Å². The van der Waals surface area contributed by atoms with E-state index in [1.165, 1.54) is 0 Å². The molecule has 1 aromatic heterocycles. The monoisotopic (exact) mass is 347 g/mol. The van der Waals surface area contributed by atoms with Gasteiger partial charge >= 0.3 is 0 Å². The number of likely N-dealkylation sites (tertiary alicyclic amines) is 1. The third kappa shape index (κ3) is 3.20. The number of methoxy groups -OCH3 is 1. The van der Waals surface area contributed by atoms with E-state index < -0.39 is 0 Å². The second-order valence-electron chi connectivity index (χ2n) is 6.48. The molecule has 4 rings (SSSR count). The zero-order valence-electron chi connectivity index (χ0n) is 14.7. The van der Waals surface area contributed by atoms with Gasteiger partial charge in [0.25, 0.3) is 0 Å². The van der Waals surface area contributed by atoms with Crippen LogP contribution in [0.25, 0.3) is 17.1 Å². The Bertz CT molecular complexity index is 961. The molecular formula is C21H21N3O2. The largest absolute Gasteiger partial charge is 0.497 e. The summed E-state index contributed by atoms with van der Waals surface area (Å²) in [5.74, 6) is 0.826. The van der Waals surface area contributed by atoms with E-state index in [2.05, 4.69) is 15.6 Å². The van der Waals surface area contributed by atoms with Crippen LogP contribution in [0.15, 0.2) is 60.9 Å². The Hall–Kier alpha value is -3.08. The van der Waals surface area contributed by atoms with Crippen LogP contribution in [0.4, 0.5) is 0 Å². The fourth-order valence-electron chi connectivity index (χ4n) is 3.46. The number of aromatic nitrogens is 2. The molecule has 0 bridgehead atoms. The summed E-state index contributed by atoms with van der Waals surface area (Å²) >= 11 is 0. The van der Waals surface area contributed by atoms with Gasteiger partial charge in [0.05, 0.1) is 30.5 Å². The Morgan fingerprint density at radius 2 is 2.12 bits per heavy atom. The van der Waals surface area contributed by atoms with E-state index in [0.29, 0.717) is 6.54 Å². The second kappa shape index (κ2) is 7.04. The molecular weight excluding hydrogens is 326 g/mol. The fraction of sp³-hybridized carbons (Fsp3) is 0.238. The number of imidazole rings is 1. The zero-order chi connectivity index (χ0) is 17.9. The minimum absolute atomic E-state index is 0.0414. The Balaban J connectivity index is 1.44. The van der Waals surface area contributed by atoms with Crippen LogP contribution >= 0.6 is 0 Å². The summed E-state index contributed by atoms with van der Waals surface area (Å²) in [6, 6.07) is 16.1. The molecule has 0 spiro atoms. The topological polar surface area (TPSA) is 47.4 Å². The highest BCUT2D eigenvalue weighted by Crippen LogP contribution is 2.26. The number of rotatable bonds is 4. The lowest BCUT2D eigenvalue weighted by Crippen LogP contribution is -2.27. The first-order chi connectivity index (χ1) is 12.7. The molecule has 1 unspecified atom stereocenters. The predicted octanol–water partition coefficient (Wildman–Crippen LogP) is 3.53. The van der Waals surface area contributed by atoms with Crippen LogP contribution < -0.4 is 4.74 Å². The fourth-order valence-corrected chi connectivity index (χ4v) is 3.46. The van der Waals surface area contributed by atoms with Gasteiger partial charge in [-0.05, 0) is 42.3 Å². The maximum absolute atomic E-state index is 12.5. The summed E-state index contributed by atoms with van der Waals surface area (Å²) in [6.07, 6.45) is 6.31. The number of para-hydroxylation sites is 2. The summed E-state index contributed by atoms with van der Waals surface area (Å²) in [6.45, 7) is 1.47. The van der Waals surface area contributed by atoms with Gasteiger partial charge < -0.3 is 14.2 Å². The van der Waals surface area contributed by atoms with Crippen LogP contribution in [0.1, 0.15) is 18.0 Å². The van der Waals surface area contributed by atoms with E-state index in [-0.39, 0.29) is 11.9 Å². The number of amides is 1. The van der Waals surface area contributed by atoms with Crippen molar-refractivity contribution in [2.24, 2.45) is 0 Å². The Morgan fingerprint density at radius 1 is 1.23 bits per heavy atom. The van der Waals surface area contributed by atoms with Gasteiger partial charge in [0, 0.05) is 19.2 Å². The molecule has 132 valence electrons. The van der Waals surface area contributed by atoms with Crippen molar-refractivity contribution in [3.8, 4) is 5.75 Å². The highest BCUT2D eigenvalue weighted by atomic mass is 16.5. The lowest BCUT2D eigenvalue weighted by molar-refractivity contribution is -0.125. The molecule has 1 aliphatic rings. The first kappa shape index (κ1) is 16.4. The van der Waals surface area contributed by atoms with E-state index in [9.17, 15) is 4.79 Å². The Kier molecular flexibility index (Phi) is 4.44. The van der Waals surface area contributed by atoms with Gasteiger partial charge in [0.1, 0.15) is 5.75 Å². The number of nitrogens with zero attached hydrogens (tertiary/aromatic N) is 3. The predicted molar refractivity (Wildman–Crippen MR) is 102 cm³/mol. The van der Waals surface area contributed by atoms with Gasteiger partial charge in [0.15, 0.2) is 0 Å². The molecule has 5 nitrogen and oxygen atoms in total. The number of fused-ring (bicyclic) bond motifs is 1. The lowest BCUT2D eigenvalue weighted by Gasteiger charge is -2.16. The average Bonchev–Trinajstić information content (AvgIpc) is 3.33. The molecule has 2 heterocycles. The summed E-state index contributed by atoms with van der Waals surface area (Å²) in [7, 11) is 1.64. The number of hydrogen-bond acceptors (Lipinski definition) is 3. The number of hydrogen-bond donors (Lipinski definition) is 0. The maximum Gasteiger partial charge on any atom is 0.246 e. The van der Waals surface area contributed by atoms with E-state index >= 15 is 0 Å². The van der Waals surface area contributed by atoms with Crippen molar-refractivity contribution in [2.75, 3.05) is 20.2 Å². The van der Waals surface area contributed by atoms with E-state index in [0.717, 1.165) is 35.3 Å². The van der Waals surface area contributed by atoms with Gasteiger partial charge in [0.2, 0.25) is 5.91 Å². The third-order valence-corrected chi connectivity index (χ3v) is 4.86. The number of benzene rings is 2. The molecule has 1 atom stereocenters. The molecule has 1 saturated heterocycles. The molecule has 0 N–H and O–H groups in total. The molecule has 0 radical (unpaired) electrons. The number of ether oxygens (including phenoxy) is 1. The molecule has 2 aromatic carbocycles. The molecule has 0 aliphatic carbocycles. The highest BCUT2D eigenvalue weighted by Gasteiger charge is 2.27. The molecule has 1 amide bonds. The molecule has 1 fully saturated rings. The SMILES string of the molecule is COc1cccc(/C=C/C(=O)N2CCC(n3cnc4ccccc43)C2)c1. The van der Waals surface area contributed by atoms with E-state index in [1.807, 2.05) is 59.8 Å². The van der Waals surface area contributed by atoms with Crippen molar-refractivity contribution in [1.82, 2.24) is 14.5 Å². The van der Waals surface area contributed by atoms with Crippen LogP contribution in [0.5, 0.6) is 5.75 Å². The normalized spacial score (nSPS) is 17.3. The first-order valence-corrected chi connectivity index (χ1v) is 8.77. The summed E-state index contributed by atoms with van der Waals surface area (Å²) in [5, 5.41) is 0. The Labute approximate surface area is 152 Å². The van der Waals surface area contributed by atoms with Crippen LogP contribution in [0.2, 0.25) is 0 Å². The van der Waals surface area contributed by atoms with Crippen molar-refractivity contribution < 1.29 is 9.53 Å². The minimum Gasteiger partial charge on any atom is -0.497 e. The average molecular weight is 347 g/mol. The van der Waals surface area contributed by atoms with Gasteiger partial charge in [-0.2, -0.15) is 0 Å². The molecule has 1 aliphatic heterocycles. The van der Waals surface area contributed by atoms with Crippen molar-refractivity contribution in [2.45, 2.75) is 12.5 Å². The summed E-state index contributed by atoms with van der Waals surface area (Å²) < 4.78 is 7.40. The van der Waals surface area contributed by atoms with Gasteiger partial charge in [-0.1, -0.05) is 24.3 Å². The highest BCUT2D eigenvalue weighted by molar-refractivity contribution is 5.92. The number of carbonyl (C=O) groups excluding carboxylic acids is 1. The second-order valence-corrected chi connectivity index (χ2v) is 6.48. The minimum atomic E-state index is 0.0414. The van der Waals surface area contributed by atoms with Crippen LogP contribution in [-0.2, 0) is 4.79 Å². The quantitative estimate of drug-likeness (QED) is 0.678. The molecule has 26 heavy (non-hydrogen) atoms.